The van der Waals surface area contributed by atoms with Gasteiger partial charge in [0.05, 0.1) is 21.2 Å². The smallest absolute Gasteiger partial charge is 0.744 e. The molecule has 2 aromatic rings. The zero-order valence-corrected chi connectivity index (χ0v) is 21.2. The van der Waals surface area contributed by atoms with Gasteiger partial charge in [-0.15, -0.1) is 0 Å². The van der Waals surface area contributed by atoms with E-state index in [0.29, 0.717) is 0 Å². The molecule has 0 radical (unpaired) electrons. The normalized spacial score (nSPS) is 17.3. The first-order valence-corrected chi connectivity index (χ1v) is 10.4. The molecule has 0 saturated heterocycles. The van der Waals surface area contributed by atoms with Gasteiger partial charge >= 0.3 is 59.1 Å². The van der Waals surface area contributed by atoms with Crippen LogP contribution in [0.5, 0.6) is 0 Å². The van der Waals surface area contributed by atoms with Crippen molar-refractivity contribution in [3.8, 4) is 0 Å². The first-order valence-electron chi connectivity index (χ1n) is 7.55. The molecule has 2 aliphatic heterocycles. The minimum absolute atomic E-state index is 0. The third kappa shape index (κ3) is 4.17. The van der Waals surface area contributed by atoms with Crippen molar-refractivity contribution >= 4 is 43.2 Å². The molecule has 144 valence electrons. The van der Waals surface area contributed by atoms with Gasteiger partial charge in [0.2, 0.25) is 11.6 Å². The maximum absolute atomic E-state index is 12.7. The van der Waals surface area contributed by atoms with Gasteiger partial charge in [0, 0.05) is 11.1 Å². The Balaban J connectivity index is 0.00000160. The van der Waals surface area contributed by atoms with Crippen LogP contribution < -0.4 is 69.7 Å². The van der Waals surface area contributed by atoms with E-state index in [2.05, 4.69) is 10.6 Å². The number of fused-ring (bicyclic) bond motifs is 2. The minimum atomic E-state index is -4.88. The summed E-state index contributed by atoms with van der Waals surface area (Å²) in [5, 5.41) is 5.15. The molecule has 0 spiro atoms. The van der Waals surface area contributed by atoms with Crippen LogP contribution in [0.1, 0.15) is 20.7 Å². The van der Waals surface area contributed by atoms with E-state index in [-0.39, 0.29) is 93.0 Å². The van der Waals surface area contributed by atoms with Gasteiger partial charge in [0.15, 0.2) is 0 Å². The van der Waals surface area contributed by atoms with Crippen LogP contribution in [0.2, 0.25) is 0 Å². The number of allylic oxidation sites excluding steroid dienone is 2. The van der Waals surface area contributed by atoms with Crippen molar-refractivity contribution in [3.05, 3.63) is 58.9 Å². The summed E-state index contributed by atoms with van der Waals surface area (Å²) in [6.07, 6.45) is 0. The van der Waals surface area contributed by atoms with Crippen LogP contribution >= 0.6 is 0 Å². The first kappa shape index (κ1) is 25.2. The van der Waals surface area contributed by atoms with E-state index in [1.807, 2.05) is 0 Å². The quantitative estimate of drug-likeness (QED) is 0.247. The third-order valence-corrected chi connectivity index (χ3v) is 5.99. The number of hydrogen-bond acceptors (Lipinski definition) is 10. The molecule has 14 heteroatoms. The van der Waals surface area contributed by atoms with Crippen molar-refractivity contribution in [2.24, 2.45) is 0 Å². The molecule has 0 fully saturated rings. The van der Waals surface area contributed by atoms with Crippen LogP contribution in [0.25, 0.3) is 0 Å². The topological polar surface area (TPSA) is 173 Å². The number of benzene rings is 2. The molecular formula is C16H8N2Na2O8S2. The van der Waals surface area contributed by atoms with Gasteiger partial charge in [0.25, 0.3) is 0 Å². The second-order valence-electron chi connectivity index (χ2n) is 5.95. The molecule has 0 aromatic heterocycles. The van der Waals surface area contributed by atoms with Crippen LogP contribution in [-0.2, 0) is 20.2 Å². The van der Waals surface area contributed by atoms with Crippen LogP contribution in [0.15, 0.2) is 57.6 Å². The molecule has 10 nitrogen and oxygen atoms in total. The molecule has 0 amide bonds. The SMILES string of the molecule is O=C1C(=C2Nc3c(cccc3S(=O)(=O)[O-])C2=O)Nc2ccc(S(=O)(=O)[O-])cc21.[Na+].[Na+]. The molecular weight excluding hydrogens is 458 g/mol. The Morgan fingerprint density at radius 3 is 1.93 bits per heavy atom. The number of anilines is 2. The summed E-state index contributed by atoms with van der Waals surface area (Å²) in [6, 6.07) is 6.64. The predicted octanol–water partition coefficient (Wildman–Crippen LogP) is -5.37. The summed E-state index contributed by atoms with van der Waals surface area (Å²) >= 11 is 0. The average Bonchev–Trinajstić information content (AvgIpc) is 3.10. The largest absolute Gasteiger partial charge is 1.00 e. The Labute approximate surface area is 215 Å². The Hall–Kier alpha value is -1.06. The van der Waals surface area contributed by atoms with Crippen molar-refractivity contribution in [1.82, 2.24) is 0 Å². The average molecular weight is 466 g/mol. The standard InChI is InChI=1S/C16H10N2O8S2.2Na/c19-15-8-2-1-3-11(28(24,25)26)12(8)18-14(15)13-16(20)9-6-7(27(21,22)23)4-5-10(9)17-13;;/h1-6,17-18H,(H,21,22,23)(H,24,25,26);;/q;2*+1/p-2. The van der Waals surface area contributed by atoms with Gasteiger partial charge in [-0.2, -0.15) is 0 Å². The van der Waals surface area contributed by atoms with Gasteiger partial charge < -0.3 is 19.7 Å². The summed E-state index contributed by atoms with van der Waals surface area (Å²) in [6.45, 7) is 0. The van der Waals surface area contributed by atoms with E-state index in [1.165, 1.54) is 18.2 Å². The number of carbonyl (C=O) groups excluding carboxylic acids is 2. The summed E-state index contributed by atoms with van der Waals surface area (Å²) < 4.78 is 67.7. The molecule has 0 atom stereocenters. The first-order chi connectivity index (χ1) is 13.0. The van der Waals surface area contributed by atoms with Crippen molar-refractivity contribution in [2.45, 2.75) is 9.79 Å². The van der Waals surface area contributed by atoms with Gasteiger partial charge in [-0.05, 0) is 30.3 Å². The van der Waals surface area contributed by atoms with Crippen molar-refractivity contribution in [2.75, 3.05) is 10.6 Å². The van der Waals surface area contributed by atoms with Gasteiger partial charge in [0.1, 0.15) is 31.6 Å². The van der Waals surface area contributed by atoms with Gasteiger partial charge in [-0.25, -0.2) is 16.8 Å². The number of nitrogens with one attached hydrogen (secondary N) is 2. The number of rotatable bonds is 2. The fourth-order valence-corrected chi connectivity index (χ4v) is 4.18. The number of para-hydroxylation sites is 1. The Morgan fingerprint density at radius 2 is 1.33 bits per heavy atom. The van der Waals surface area contributed by atoms with Crippen molar-refractivity contribution in [1.29, 1.82) is 0 Å². The molecule has 4 rings (SSSR count). The second kappa shape index (κ2) is 8.47. The maximum Gasteiger partial charge on any atom is 1.00 e. The molecule has 0 aliphatic carbocycles. The fraction of sp³-hybridized carbons (Fsp3) is 0. The molecule has 0 saturated carbocycles. The van der Waals surface area contributed by atoms with Gasteiger partial charge in [-0.3, -0.25) is 9.59 Å². The molecule has 0 unspecified atom stereocenters. The zero-order chi connectivity index (χ0) is 20.4. The van der Waals surface area contributed by atoms with E-state index in [9.17, 15) is 35.5 Å². The Kier molecular flexibility index (Phi) is 7.11. The molecule has 30 heavy (non-hydrogen) atoms. The summed E-state index contributed by atoms with van der Waals surface area (Å²) in [4.78, 5) is 24.0. The predicted molar refractivity (Wildman–Crippen MR) is 91.7 cm³/mol. The summed E-state index contributed by atoms with van der Waals surface area (Å²) in [5.41, 5.74) is -0.861. The van der Waals surface area contributed by atoms with E-state index in [0.717, 1.165) is 18.2 Å². The summed E-state index contributed by atoms with van der Waals surface area (Å²) in [5.74, 6) is -1.49. The third-order valence-electron chi connectivity index (χ3n) is 4.28. The van der Waals surface area contributed by atoms with E-state index in [4.69, 9.17) is 0 Å². The number of Topliss-reactive ketones (excluding diaryl/α,β-unsaturated/α-hetero) is 2. The van der Waals surface area contributed by atoms with E-state index in [1.54, 1.807) is 0 Å². The Morgan fingerprint density at radius 1 is 0.733 bits per heavy atom. The van der Waals surface area contributed by atoms with Crippen LogP contribution in [0, 0.1) is 0 Å². The summed E-state index contributed by atoms with van der Waals surface area (Å²) in [7, 11) is -9.67. The Bertz CT molecular complexity index is 1350. The minimum Gasteiger partial charge on any atom is -0.744 e. The second-order valence-corrected chi connectivity index (χ2v) is 8.68. The number of carbonyl (C=O) groups is 2. The maximum atomic E-state index is 12.7. The van der Waals surface area contributed by atoms with Crippen LogP contribution in [0.3, 0.4) is 0 Å². The number of ketones is 2. The molecule has 2 aliphatic rings. The van der Waals surface area contributed by atoms with Crippen molar-refractivity contribution < 1.29 is 94.6 Å². The molecule has 0 bridgehead atoms. The van der Waals surface area contributed by atoms with Crippen LogP contribution in [0.4, 0.5) is 11.4 Å². The van der Waals surface area contributed by atoms with Gasteiger partial charge in [-0.1, -0.05) is 6.07 Å². The molecule has 2 N–H and O–H groups in total. The van der Waals surface area contributed by atoms with Crippen molar-refractivity contribution in [3.63, 3.8) is 0 Å². The zero-order valence-electron chi connectivity index (χ0n) is 15.5. The monoisotopic (exact) mass is 466 g/mol. The number of hydrogen-bond donors (Lipinski definition) is 2. The van der Waals surface area contributed by atoms with E-state index >= 15 is 0 Å². The van der Waals surface area contributed by atoms with E-state index < -0.39 is 41.6 Å². The fourth-order valence-electron chi connectivity index (χ4n) is 3.03. The molecule has 2 aromatic carbocycles. The molecule has 2 heterocycles. The van der Waals surface area contributed by atoms with Crippen LogP contribution in [-0.4, -0.2) is 37.5 Å².